The number of aromatic nitrogens is 1. The Morgan fingerprint density at radius 2 is 1.72 bits per heavy atom. The number of anilines is 1. The van der Waals surface area contributed by atoms with Gasteiger partial charge in [0.1, 0.15) is 0 Å². The Balaban J connectivity index is 2.06. The van der Waals surface area contributed by atoms with Crippen LogP contribution in [-0.2, 0) is 4.79 Å². The highest BCUT2D eigenvalue weighted by Gasteiger charge is 2.01. The number of carbonyl (C=O) groups is 1. The Kier molecular flexibility index (Phi) is 2.57. The van der Waals surface area contributed by atoms with Crippen LogP contribution in [0.15, 0.2) is 60.8 Å². The maximum absolute atomic E-state index is 10.3. The second kappa shape index (κ2) is 4.37. The molecular weight excluding hydrogens is 224 g/mol. The van der Waals surface area contributed by atoms with Gasteiger partial charge in [-0.1, -0.05) is 18.2 Å². The van der Waals surface area contributed by atoms with Crippen LogP contribution in [0.25, 0.3) is 16.6 Å². The largest absolute Gasteiger partial charge is 0.329 e. The number of amides is 1. The fourth-order valence-electron chi connectivity index (χ4n) is 2.09. The zero-order chi connectivity index (χ0) is 12.4. The second-order valence-electron chi connectivity index (χ2n) is 4.05. The van der Waals surface area contributed by atoms with Crippen molar-refractivity contribution in [3.05, 3.63) is 60.8 Å². The molecule has 0 atom stereocenters. The predicted molar refractivity (Wildman–Crippen MR) is 73.0 cm³/mol. The van der Waals surface area contributed by atoms with E-state index in [0.29, 0.717) is 6.41 Å². The van der Waals surface area contributed by atoms with Gasteiger partial charge in [-0.3, -0.25) is 4.79 Å². The summed E-state index contributed by atoms with van der Waals surface area (Å²) in [7, 11) is 0. The van der Waals surface area contributed by atoms with E-state index < -0.39 is 0 Å². The van der Waals surface area contributed by atoms with E-state index in [4.69, 9.17) is 0 Å². The summed E-state index contributed by atoms with van der Waals surface area (Å²) in [5.74, 6) is 0. The number of rotatable bonds is 3. The lowest BCUT2D eigenvalue weighted by Crippen LogP contribution is -1.95. The van der Waals surface area contributed by atoms with E-state index in [9.17, 15) is 4.79 Å². The van der Waals surface area contributed by atoms with Gasteiger partial charge in [-0.25, -0.2) is 0 Å². The van der Waals surface area contributed by atoms with Gasteiger partial charge in [-0.15, -0.1) is 0 Å². The Labute approximate surface area is 105 Å². The van der Waals surface area contributed by atoms with Gasteiger partial charge >= 0.3 is 0 Å². The fourth-order valence-corrected chi connectivity index (χ4v) is 2.09. The van der Waals surface area contributed by atoms with Crippen LogP contribution in [0.2, 0.25) is 0 Å². The van der Waals surface area contributed by atoms with Gasteiger partial charge in [0.2, 0.25) is 6.41 Å². The molecule has 3 nitrogen and oxygen atoms in total. The number of hydrogen-bond donors (Lipinski definition) is 1. The second-order valence-corrected chi connectivity index (χ2v) is 4.05. The number of carbonyl (C=O) groups excluding carboxylic acids is 1. The number of nitrogens with one attached hydrogen (secondary N) is 1. The zero-order valence-electron chi connectivity index (χ0n) is 9.71. The number of fused-ring (bicyclic) bond motifs is 1. The minimum Gasteiger partial charge on any atom is -0.329 e. The molecule has 1 aromatic heterocycles. The van der Waals surface area contributed by atoms with Crippen molar-refractivity contribution in [3.8, 4) is 5.69 Å². The van der Waals surface area contributed by atoms with Crippen molar-refractivity contribution in [2.24, 2.45) is 0 Å². The minimum absolute atomic E-state index is 0.681. The van der Waals surface area contributed by atoms with Crippen LogP contribution < -0.4 is 5.32 Å². The smallest absolute Gasteiger partial charge is 0.211 e. The highest BCUT2D eigenvalue weighted by atomic mass is 16.1. The van der Waals surface area contributed by atoms with Crippen molar-refractivity contribution in [1.82, 2.24) is 4.57 Å². The third-order valence-corrected chi connectivity index (χ3v) is 2.97. The zero-order valence-corrected chi connectivity index (χ0v) is 9.71. The van der Waals surface area contributed by atoms with Crippen LogP contribution in [0.4, 0.5) is 5.69 Å². The maximum Gasteiger partial charge on any atom is 0.211 e. The summed E-state index contributed by atoms with van der Waals surface area (Å²) < 4.78 is 2.13. The van der Waals surface area contributed by atoms with Crippen LogP contribution in [0.1, 0.15) is 0 Å². The number of para-hydroxylation sites is 1. The number of hydrogen-bond acceptors (Lipinski definition) is 1. The molecular formula is C15H12N2O. The van der Waals surface area contributed by atoms with Crippen molar-refractivity contribution in [2.45, 2.75) is 0 Å². The summed E-state index contributed by atoms with van der Waals surface area (Å²) in [5.41, 5.74) is 3.05. The lowest BCUT2D eigenvalue weighted by atomic mass is 10.2. The van der Waals surface area contributed by atoms with Crippen molar-refractivity contribution >= 4 is 23.0 Å². The Bertz CT molecular complexity index is 683. The van der Waals surface area contributed by atoms with Gasteiger partial charge in [0.15, 0.2) is 0 Å². The van der Waals surface area contributed by atoms with Gasteiger partial charge in [0.25, 0.3) is 0 Å². The van der Waals surface area contributed by atoms with Gasteiger partial charge < -0.3 is 9.88 Å². The molecule has 3 aromatic rings. The monoisotopic (exact) mass is 236 g/mol. The van der Waals surface area contributed by atoms with E-state index in [1.165, 1.54) is 10.9 Å². The normalized spacial score (nSPS) is 10.4. The van der Waals surface area contributed by atoms with Gasteiger partial charge in [0.05, 0.1) is 5.52 Å². The van der Waals surface area contributed by atoms with E-state index in [-0.39, 0.29) is 0 Å². The molecule has 0 aliphatic heterocycles. The molecule has 1 N–H and O–H groups in total. The number of nitrogens with zero attached hydrogens (tertiary/aromatic N) is 1. The van der Waals surface area contributed by atoms with Gasteiger partial charge in [-0.2, -0.15) is 0 Å². The van der Waals surface area contributed by atoms with E-state index in [1.807, 2.05) is 42.6 Å². The van der Waals surface area contributed by atoms with E-state index in [1.54, 1.807) is 0 Å². The first-order chi connectivity index (χ1) is 8.88. The molecule has 2 aromatic carbocycles. The molecule has 0 aliphatic carbocycles. The first kappa shape index (κ1) is 10.6. The molecule has 18 heavy (non-hydrogen) atoms. The molecule has 0 bridgehead atoms. The standard InChI is InChI=1S/C15H12N2O/c18-11-16-13-5-7-14(8-6-13)17-10-9-12-3-1-2-4-15(12)17/h1-11H,(H,16,18). The van der Waals surface area contributed by atoms with Crippen molar-refractivity contribution in [3.63, 3.8) is 0 Å². The molecule has 0 saturated carbocycles. The lowest BCUT2D eigenvalue weighted by molar-refractivity contribution is -0.105. The highest BCUT2D eigenvalue weighted by molar-refractivity contribution is 5.82. The molecule has 88 valence electrons. The SMILES string of the molecule is O=CNc1ccc(-n2ccc3ccccc32)cc1. The Morgan fingerprint density at radius 1 is 0.944 bits per heavy atom. The maximum atomic E-state index is 10.3. The summed E-state index contributed by atoms with van der Waals surface area (Å²) in [5, 5.41) is 3.84. The predicted octanol–water partition coefficient (Wildman–Crippen LogP) is 3.20. The summed E-state index contributed by atoms with van der Waals surface area (Å²) in [6, 6.07) is 18.1. The molecule has 0 fully saturated rings. The molecule has 0 radical (unpaired) electrons. The molecule has 3 rings (SSSR count). The van der Waals surface area contributed by atoms with Crippen LogP contribution >= 0.6 is 0 Å². The topological polar surface area (TPSA) is 34.0 Å². The summed E-state index contributed by atoms with van der Waals surface area (Å²) in [4.78, 5) is 10.3. The fraction of sp³-hybridized carbons (Fsp3) is 0. The molecule has 3 heteroatoms. The van der Waals surface area contributed by atoms with E-state index in [2.05, 4.69) is 28.1 Å². The first-order valence-electron chi connectivity index (χ1n) is 5.75. The average Bonchev–Trinajstić information content (AvgIpc) is 2.84. The van der Waals surface area contributed by atoms with E-state index >= 15 is 0 Å². The van der Waals surface area contributed by atoms with Gasteiger partial charge in [0, 0.05) is 17.6 Å². The summed E-state index contributed by atoms with van der Waals surface area (Å²) >= 11 is 0. The Morgan fingerprint density at radius 3 is 2.50 bits per heavy atom. The molecule has 1 amide bonds. The van der Waals surface area contributed by atoms with Crippen molar-refractivity contribution in [1.29, 1.82) is 0 Å². The van der Waals surface area contributed by atoms with Crippen molar-refractivity contribution < 1.29 is 4.79 Å². The van der Waals surface area contributed by atoms with Crippen LogP contribution in [0, 0.1) is 0 Å². The van der Waals surface area contributed by atoms with Gasteiger partial charge in [-0.05, 0) is 41.8 Å². The minimum atomic E-state index is 0.681. The first-order valence-corrected chi connectivity index (χ1v) is 5.75. The number of benzene rings is 2. The van der Waals surface area contributed by atoms with Crippen LogP contribution in [0.3, 0.4) is 0 Å². The third-order valence-electron chi connectivity index (χ3n) is 2.97. The van der Waals surface area contributed by atoms with Crippen molar-refractivity contribution in [2.75, 3.05) is 5.32 Å². The van der Waals surface area contributed by atoms with Crippen LogP contribution in [0.5, 0.6) is 0 Å². The molecule has 0 saturated heterocycles. The average molecular weight is 236 g/mol. The van der Waals surface area contributed by atoms with Crippen LogP contribution in [-0.4, -0.2) is 11.0 Å². The molecule has 1 heterocycles. The summed E-state index contributed by atoms with van der Waals surface area (Å²) in [6.45, 7) is 0. The highest BCUT2D eigenvalue weighted by Crippen LogP contribution is 2.21. The molecule has 0 aliphatic rings. The Hall–Kier alpha value is -2.55. The summed E-state index contributed by atoms with van der Waals surface area (Å²) in [6.07, 6.45) is 2.73. The third kappa shape index (κ3) is 1.76. The molecule has 0 spiro atoms. The lowest BCUT2D eigenvalue weighted by Gasteiger charge is -2.06. The quantitative estimate of drug-likeness (QED) is 0.696. The van der Waals surface area contributed by atoms with E-state index in [0.717, 1.165) is 11.4 Å². The molecule has 0 unspecified atom stereocenters.